The second-order valence-electron chi connectivity index (χ2n) is 8.59. The Balaban J connectivity index is 0.000000405. The number of amides is 1. The lowest BCUT2D eigenvalue weighted by Gasteiger charge is -2.32. The van der Waals surface area contributed by atoms with E-state index in [4.69, 9.17) is 14.9 Å². The average Bonchev–Trinajstić information content (AvgIpc) is 3.29. The van der Waals surface area contributed by atoms with Gasteiger partial charge in [-0.3, -0.25) is 14.8 Å². The molecule has 0 aliphatic carbocycles. The number of fused-ring (bicyclic) bond motifs is 1. The molecule has 4 aromatic rings. The van der Waals surface area contributed by atoms with E-state index in [2.05, 4.69) is 32.7 Å². The van der Waals surface area contributed by atoms with Gasteiger partial charge in [-0.25, -0.2) is 9.78 Å². The lowest BCUT2D eigenvalue weighted by molar-refractivity contribution is -0.192. The molecule has 1 saturated heterocycles. The molecule has 0 atom stereocenters. The molecule has 1 aliphatic rings. The first-order valence-electron chi connectivity index (χ1n) is 11.5. The van der Waals surface area contributed by atoms with E-state index in [0.29, 0.717) is 11.5 Å². The summed E-state index contributed by atoms with van der Waals surface area (Å²) in [6, 6.07) is 15.9. The molecule has 8 nitrogen and oxygen atoms in total. The van der Waals surface area contributed by atoms with Crippen LogP contribution in [0, 0.1) is 0 Å². The Morgan fingerprint density at radius 1 is 1.03 bits per heavy atom. The molecule has 11 heteroatoms. The SMILES string of the molecule is Cn1cnc2c(-c3ccccc3)nc(C3CCN(C(=O)c4ccncc4)CC3)cc21.O=C(O)C(F)(F)F. The van der Waals surface area contributed by atoms with Gasteiger partial charge >= 0.3 is 12.1 Å². The number of pyridine rings is 2. The van der Waals surface area contributed by atoms with E-state index in [1.807, 2.05) is 36.5 Å². The van der Waals surface area contributed by atoms with Gasteiger partial charge in [-0.15, -0.1) is 0 Å². The van der Waals surface area contributed by atoms with Crippen LogP contribution in [-0.4, -0.2) is 60.7 Å². The highest BCUT2D eigenvalue weighted by atomic mass is 19.4. The molecule has 1 amide bonds. The topological polar surface area (TPSA) is 101 Å². The second kappa shape index (κ2) is 10.8. The van der Waals surface area contributed by atoms with Gasteiger partial charge < -0.3 is 14.6 Å². The maximum absolute atomic E-state index is 12.7. The van der Waals surface area contributed by atoms with Crippen molar-refractivity contribution >= 4 is 22.9 Å². The van der Waals surface area contributed by atoms with Crippen LogP contribution in [0.1, 0.15) is 34.8 Å². The normalized spacial score (nSPS) is 14.2. The molecular weight excluding hydrogens is 487 g/mol. The highest BCUT2D eigenvalue weighted by Crippen LogP contribution is 2.33. The predicted molar refractivity (Wildman–Crippen MR) is 130 cm³/mol. The zero-order valence-corrected chi connectivity index (χ0v) is 19.9. The van der Waals surface area contributed by atoms with Gasteiger partial charge in [-0.2, -0.15) is 13.2 Å². The van der Waals surface area contributed by atoms with Crippen molar-refractivity contribution in [3.63, 3.8) is 0 Å². The van der Waals surface area contributed by atoms with Gasteiger partial charge in [-0.05, 0) is 31.0 Å². The lowest BCUT2D eigenvalue weighted by Crippen LogP contribution is -2.38. The van der Waals surface area contributed by atoms with Gasteiger partial charge in [0.1, 0.15) is 5.52 Å². The molecule has 192 valence electrons. The van der Waals surface area contributed by atoms with Gasteiger partial charge in [-0.1, -0.05) is 30.3 Å². The summed E-state index contributed by atoms with van der Waals surface area (Å²) in [7, 11) is 2.02. The Morgan fingerprint density at radius 2 is 1.65 bits per heavy atom. The third-order valence-corrected chi connectivity index (χ3v) is 6.15. The van der Waals surface area contributed by atoms with Crippen molar-refractivity contribution in [2.75, 3.05) is 13.1 Å². The monoisotopic (exact) mass is 511 g/mol. The van der Waals surface area contributed by atoms with Crippen LogP contribution in [0.3, 0.4) is 0 Å². The van der Waals surface area contributed by atoms with Crippen molar-refractivity contribution in [2.24, 2.45) is 7.05 Å². The summed E-state index contributed by atoms with van der Waals surface area (Å²) in [5.41, 5.74) is 5.81. The number of benzene rings is 1. The molecule has 1 aliphatic heterocycles. The number of aryl methyl sites for hydroxylation is 1. The minimum atomic E-state index is -5.08. The molecule has 3 aromatic heterocycles. The van der Waals surface area contributed by atoms with Crippen LogP contribution in [0.15, 0.2) is 67.3 Å². The van der Waals surface area contributed by atoms with Crippen LogP contribution in [-0.2, 0) is 11.8 Å². The number of alkyl halides is 3. The second-order valence-corrected chi connectivity index (χ2v) is 8.59. The summed E-state index contributed by atoms with van der Waals surface area (Å²) in [5, 5.41) is 7.12. The highest BCUT2D eigenvalue weighted by Gasteiger charge is 2.38. The fourth-order valence-corrected chi connectivity index (χ4v) is 4.21. The van der Waals surface area contributed by atoms with Crippen molar-refractivity contribution in [3.05, 3.63) is 78.5 Å². The van der Waals surface area contributed by atoms with E-state index in [1.54, 1.807) is 24.5 Å². The maximum atomic E-state index is 12.7. The number of aliphatic carboxylic acids is 1. The Morgan fingerprint density at radius 3 is 2.24 bits per heavy atom. The minimum absolute atomic E-state index is 0.0795. The van der Waals surface area contributed by atoms with Crippen molar-refractivity contribution in [2.45, 2.75) is 24.9 Å². The first-order chi connectivity index (χ1) is 17.6. The summed E-state index contributed by atoms with van der Waals surface area (Å²) in [5.74, 6) is -2.35. The first-order valence-corrected chi connectivity index (χ1v) is 11.5. The molecule has 0 bridgehead atoms. The van der Waals surface area contributed by atoms with Crippen LogP contribution >= 0.6 is 0 Å². The average molecular weight is 512 g/mol. The number of carboxylic acids is 1. The summed E-state index contributed by atoms with van der Waals surface area (Å²) < 4.78 is 33.8. The summed E-state index contributed by atoms with van der Waals surface area (Å²) in [4.78, 5) is 37.2. The minimum Gasteiger partial charge on any atom is -0.475 e. The largest absolute Gasteiger partial charge is 0.490 e. The lowest BCUT2D eigenvalue weighted by atomic mass is 9.92. The number of carboxylic acid groups (broad SMARTS) is 1. The maximum Gasteiger partial charge on any atom is 0.490 e. The molecule has 0 unspecified atom stereocenters. The number of rotatable bonds is 3. The zero-order valence-electron chi connectivity index (χ0n) is 19.9. The van der Waals surface area contributed by atoms with Gasteiger partial charge in [0.05, 0.1) is 17.5 Å². The molecule has 1 aromatic carbocycles. The number of piperidine rings is 1. The fraction of sp³-hybridized carbons (Fsp3) is 0.269. The third-order valence-electron chi connectivity index (χ3n) is 6.15. The molecule has 37 heavy (non-hydrogen) atoms. The zero-order chi connectivity index (χ0) is 26.6. The number of imidazole rings is 1. The standard InChI is InChI=1S/C24H23N5O.C2HF3O2/c1-28-16-26-23-21(28)15-20(27-22(23)18-5-3-2-4-6-18)17-9-13-29(14-10-17)24(30)19-7-11-25-12-8-19;3-2(4,5)1(6)7/h2-8,11-12,15-17H,9-10,13-14H2,1H3;(H,6,7). The number of likely N-dealkylation sites (tertiary alicyclic amines) is 1. The first kappa shape index (κ1) is 25.8. The number of hydrogen-bond acceptors (Lipinski definition) is 5. The summed E-state index contributed by atoms with van der Waals surface area (Å²) >= 11 is 0. The smallest absolute Gasteiger partial charge is 0.475 e. The summed E-state index contributed by atoms with van der Waals surface area (Å²) in [6.45, 7) is 1.47. The number of aromatic nitrogens is 4. The highest BCUT2D eigenvalue weighted by molar-refractivity contribution is 5.94. The Kier molecular flexibility index (Phi) is 7.51. The number of nitrogens with zero attached hydrogens (tertiary/aromatic N) is 5. The van der Waals surface area contributed by atoms with Gasteiger partial charge in [0.2, 0.25) is 0 Å². The number of halogens is 3. The van der Waals surface area contributed by atoms with E-state index in [0.717, 1.165) is 53.9 Å². The quantitative estimate of drug-likeness (QED) is 0.429. The van der Waals surface area contributed by atoms with Gasteiger partial charge in [0, 0.05) is 55.3 Å². The fourth-order valence-electron chi connectivity index (χ4n) is 4.21. The van der Waals surface area contributed by atoms with Gasteiger partial charge in [0.25, 0.3) is 5.91 Å². The van der Waals surface area contributed by atoms with Crippen molar-refractivity contribution < 1.29 is 27.9 Å². The Hall–Kier alpha value is -4.28. The predicted octanol–water partition coefficient (Wildman–Crippen LogP) is 4.68. The van der Waals surface area contributed by atoms with E-state index < -0.39 is 12.1 Å². The van der Waals surface area contributed by atoms with Crippen LogP contribution in [0.25, 0.3) is 22.3 Å². The van der Waals surface area contributed by atoms with Crippen molar-refractivity contribution in [3.8, 4) is 11.3 Å². The van der Waals surface area contributed by atoms with E-state index in [9.17, 15) is 18.0 Å². The Labute approximate surface area is 210 Å². The number of carbonyl (C=O) groups excluding carboxylic acids is 1. The van der Waals surface area contributed by atoms with Crippen LogP contribution in [0.5, 0.6) is 0 Å². The molecular formula is C26H24F3N5O3. The van der Waals surface area contributed by atoms with Crippen LogP contribution in [0.2, 0.25) is 0 Å². The van der Waals surface area contributed by atoms with Crippen molar-refractivity contribution in [1.29, 1.82) is 0 Å². The molecule has 1 fully saturated rings. The van der Waals surface area contributed by atoms with E-state index in [1.165, 1.54) is 0 Å². The van der Waals surface area contributed by atoms with Crippen LogP contribution < -0.4 is 0 Å². The molecule has 0 saturated carbocycles. The van der Waals surface area contributed by atoms with Gasteiger partial charge in [0.15, 0.2) is 0 Å². The van der Waals surface area contributed by atoms with E-state index >= 15 is 0 Å². The molecule has 0 spiro atoms. The van der Waals surface area contributed by atoms with E-state index in [-0.39, 0.29) is 5.91 Å². The van der Waals surface area contributed by atoms with Crippen molar-refractivity contribution in [1.82, 2.24) is 24.4 Å². The third kappa shape index (κ3) is 5.93. The van der Waals surface area contributed by atoms with Crippen LogP contribution in [0.4, 0.5) is 13.2 Å². The molecule has 5 rings (SSSR count). The molecule has 0 radical (unpaired) electrons. The number of carbonyl (C=O) groups is 2. The molecule has 1 N–H and O–H groups in total. The summed E-state index contributed by atoms with van der Waals surface area (Å²) in [6.07, 6.45) is 1.90. The Bertz CT molecular complexity index is 1380. The molecule has 4 heterocycles. The number of hydrogen-bond donors (Lipinski definition) is 1.